The number of ketones is 1. The van der Waals surface area contributed by atoms with Crippen molar-refractivity contribution in [2.45, 2.75) is 39.8 Å². The Morgan fingerprint density at radius 3 is 2.63 bits per heavy atom. The Morgan fingerprint density at radius 2 is 2.11 bits per heavy atom. The molecule has 19 heavy (non-hydrogen) atoms. The third-order valence-electron chi connectivity index (χ3n) is 2.74. The van der Waals surface area contributed by atoms with Gasteiger partial charge in [-0.3, -0.25) is 10.1 Å². The van der Waals surface area contributed by atoms with Crippen molar-refractivity contribution in [2.24, 2.45) is 5.92 Å². The Bertz CT molecular complexity index is 416. The van der Waals surface area contributed by atoms with Gasteiger partial charge in [-0.2, -0.15) is 0 Å². The molecule has 0 aliphatic carbocycles. The van der Waals surface area contributed by atoms with Gasteiger partial charge in [-0.1, -0.05) is 26.0 Å². The summed E-state index contributed by atoms with van der Waals surface area (Å²) in [6.45, 7) is 8.02. The van der Waals surface area contributed by atoms with E-state index in [1.807, 2.05) is 33.8 Å². The quantitative estimate of drug-likeness (QED) is 0.585. The number of benzene rings is 1. The SMILES string of the molecule is CC(C)OCNC(C(=O)C(C)C)c1cc[c]c(N)c1. The lowest BCUT2D eigenvalue weighted by Crippen LogP contribution is -2.33. The second-order valence-corrected chi connectivity index (χ2v) is 5.13. The number of hydrogen-bond donors (Lipinski definition) is 2. The fourth-order valence-corrected chi connectivity index (χ4v) is 1.70. The van der Waals surface area contributed by atoms with Gasteiger partial charge in [0.25, 0.3) is 0 Å². The molecule has 4 nitrogen and oxygen atoms in total. The predicted octanol–water partition coefficient (Wildman–Crippen LogP) is 2.31. The minimum absolute atomic E-state index is 0.0537. The first-order chi connectivity index (χ1) is 8.91. The van der Waals surface area contributed by atoms with E-state index >= 15 is 0 Å². The second-order valence-electron chi connectivity index (χ2n) is 5.13. The van der Waals surface area contributed by atoms with Crippen molar-refractivity contribution in [3.8, 4) is 0 Å². The average molecular weight is 263 g/mol. The zero-order chi connectivity index (χ0) is 14.4. The monoisotopic (exact) mass is 263 g/mol. The number of anilines is 1. The van der Waals surface area contributed by atoms with Gasteiger partial charge in [-0.05, 0) is 25.5 Å². The molecule has 3 N–H and O–H groups in total. The van der Waals surface area contributed by atoms with Crippen LogP contribution in [-0.4, -0.2) is 18.6 Å². The van der Waals surface area contributed by atoms with E-state index < -0.39 is 6.04 Å². The zero-order valence-electron chi connectivity index (χ0n) is 12.1. The molecule has 0 heterocycles. The van der Waals surface area contributed by atoms with E-state index in [4.69, 9.17) is 10.5 Å². The fourth-order valence-electron chi connectivity index (χ4n) is 1.70. The number of ether oxygens (including phenoxy) is 1. The lowest BCUT2D eigenvalue weighted by atomic mass is 9.95. The summed E-state index contributed by atoms with van der Waals surface area (Å²) >= 11 is 0. The zero-order valence-corrected chi connectivity index (χ0v) is 12.1. The standard InChI is InChI=1S/C15H23N2O2/c1-10(2)15(18)14(17-9-19-11(3)4)12-6-5-7-13(16)8-12/h5-6,8,10-11,14,17H,9,16H2,1-4H3. The third-order valence-corrected chi connectivity index (χ3v) is 2.74. The molecule has 0 fully saturated rings. The molecular weight excluding hydrogens is 240 g/mol. The molecular formula is C15H23N2O2. The van der Waals surface area contributed by atoms with Gasteiger partial charge in [0.1, 0.15) is 0 Å². The van der Waals surface area contributed by atoms with Crippen LogP contribution in [0.5, 0.6) is 0 Å². The van der Waals surface area contributed by atoms with Crippen LogP contribution in [0.25, 0.3) is 0 Å². The van der Waals surface area contributed by atoms with Gasteiger partial charge in [-0.15, -0.1) is 0 Å². The lowest BCUT2D eigenvalue weighted by Gasteiger charge is -2.21. The first-order valence-corrected chi connectivity index (χ1v) is 6.57. The molecule has 0 aliphatic heterocycles. The van der Waals surface area contributed by atoms with Crippen molar-refractivity contribution in [1.29, 1.82) is 0 Å². The smallest absolute Gasteiger partial charge is 0.156 e. The number of hydrogen-bond acceptors (Lipinski definition) is 4. The van der Waals surface area contributed by atoms with Crippen molar-refractivity contribution in [1.82, 2.24) is 5.32 Å². The van der Waals surface area contributed by atoms with Crippen LogP contribution in [0, 0.1) is 12.0 Å². The van der Waals surface area contributed by atoms with Crippen LogP contribution < -0.4 is 11.1 Å². The van der Waals surface area contributed by atoms with Gasteiger partial charge < -0.3 is 10.5 Å². The topological polar surface area (TPSA) is 64.3 Å². The molecule has 0 saturated heterocycles. The molecule has 1 aromatic carbocycles. The summed E-state index contributed by atoms with van der Waals surface area (Å²) in [6.07, 6.45) is 0.122. The summed E-state index contributed by atoms with van der Waals surface area (Å²) < 4.78 is 5.45. The van der Waals surface area contributed by atoms with Gasteiger partial charge in [0.2, 0.25) is 0 Å². The molecule has 1 aromatic rings. The normalized spacial score (nSPS) is 12.9. The molecule has 0 spiro atoms. The number of nitrogens with two attached hydrogens (primary N) is 1. The van der Waals surface area contributed by atoms with E-state index in [2.05, 4.69) is 11.4 Å². The third kappa shape index (κ3) is 5.01. The highest BCUT2D eigenvalue weighted by Gasteiger charge is 2.22. The molecule has 0 bridgehead atoms. The van der Waals surface area contributed by atoms with E-state index in [1.165, 1.54) is 0 Å². The maximum Gasteiger partial charge on any atom is 0.156 e. The summed E-state index contributed by atoms with van der Waals surface area (Å²) in [5.41, 5.74) is 7.11. The van der Waals surface area contributed by atoms with E-state index in [1.54, 1.807) is 12.1 Å². The summed E-state index contributed by atoms with van der Waals surface area (Å²) in [7, 11) is 0. The largest absolute Gasteiger partial charge is 0.398 e. The first kappa shape index (κ1) is 15.7. The van der Waals surface area contributed by atoms with E-state index in [9.17, 15) is 4.79 Å². The van der Waals surface area contributed by atoms with Crippen LogP contribution >= 0.6 is 0 Å². The fraction of sp³-hybridized carbons (Fsp3) is 0.533. The summed E-state index contributed by atoms with van der Waals surface area (Å²) in [5.74, 6) is 0.0694. The molecule has 105 valence electrons. The number of Topliss-reactive ketones (excluding diaryl/α,β-unsaturated/α-hetero) is 1. The van der Waals surface area contributed by atoms with Crippen molar-refractivity contribution < 1.29 is 9.53 Å². The molecule has 1 unspecified atom stereocenters. The highest BCUT2D eigenvalue weighted by atomic mass is 16.5. The van der Waals surface area contributed by atoms with E-state index in [-0.39, 0.29) is 17.8 Å². The Hall–Kier alpha value is -1.39. The average Bonchev–Trinajstić information content (AvgIpc) is 2.33. The summed E-state index contributed by atoms with van der Waals surface area (Å²) in [4.78, 5) is 12.3. The van der Waals surface area contributed by atoms with Crippen LogP contribution in [0.2, 0.25) is 0 Å². The number of rotatable bonds is 7. The van der Waals surface area contributed by atoms with Crippen LogP contribution in [0.15, 0.2) is 18.2 Å². The Balaban J connectivity index is 2.83. The number of nitrogen functional groups attached to an aromatic ring is 1. The molecule has 0 aromatic heterocycles. The second kappa shape index (κ2) is 7.26. The number of carbonyl (C=O) groups is 1. The van der Waals surface area contributed by atoms with E-state index in [0.29, 0.717) is 12.4 Å². The maximum atomic E-state index is 12.3. The highest BCUT2D eigenvalue weighted by molar-refractivity contribution is 5.87. The van der Waals surface area contributed by atoms with Crippen molar-refractivity contribution in [2.75, 3.05) is 12.5 Å². The molecule has 0 aliphatic rings. The molecule has 0 amide bonds. The first-order valence-electron chi connectivity index (χ1n) is 6.57. The highest BCUT2D eigenvalue weighted by Crippen LogP contribution is 2.19. The molecule has 0 saturated carbocycles. The van der Waals surface area contributed by atoms with Crippen molar-refractivity contribution >= 4 is 11.5 Å². The van der Waals surface area contributed by atoms with Crippen molar-refractivity contribution in [3.63, 3.8) is 0 Å². The predicted molar refractivity (Wildman–Crippen MR) is 76.5 cm³/mol. The summed E-state index contributed by atoms with van der Waals surface area (Å²) in [5, 5.41) is 3.13. The molecule has 1 rings (SSSR count). The van der Waals surface area contributed by atoms with Gasteiger partial charge in [0, 0.05) is 17.7 Å². The lowest BCUT2D eigenvalue weighted by molar-refractivity contribution is -0.124. The molecule has 1 radical (unpaired) electrons. The van der Waals surface area contributed by atoms with Crippen LogP contribution in [0.3, 0.4) is 0 Å². The van der Waals surface area contributed by atoms with Crippen molar-refractivity contribution in [3.05, 3.63) is 29.8 Å². The number of nitrogens with one attached hydrogen (secondary N) is 1. The Kier molecular flexibility index (Phi) is 5.99. The van der Waals surface area contributed by atoms with E-state index in [0.717, 1.165) is 5.56 Å². The minimum atomic E-state index is -0.393. The van der Waals surface area contributed by atoms with Crippen LogP contribution in [0.4, 0.5) is 5.69 Å². The Labute approximate surface area is 115 Å². The van der Waals surface area contributed by atoms with Crippen LogP contribution in [-0.2, 0) is 9.53 Å². The van der Waals surface area contributed by atoms with Gasteiger partial charge >= 0.3 is 0 Å². The van der Waals surface area contributed by atoms with Crippen LogP contribution in [0.1, 0.15) is 39.3 Å². The maximum absolute atomic E-state index is 12.3. The molecule has 1 atom stereocenters. The summed E-state index contributed by atoms with van der Waals surface area (Å²) in [6, 6.07) is 7.84. The van der Waals surface area contributed by atoms with Gasteiger partial charge in [0.05, 0.1) is 18.9 Å². The van der Waals surface area contributed by atoms with Gasteiger partial charge in [0.15, 0.2) is 5.78 Å². The minimum Gasteiger partial charge on any atom is -0.398 e. The van der Waals surface area contributed by atoms with Gasteiger partial charge in [-0.25, -0.2) is 0 Å². The Morgan fingerprint density at radius 1 is 1.42 bits per heavy atom. The number of carbonyl (C=O) groups excluding carboxylic acids is 1. The molecule has 4 heteroatoms.